The zero-order valence-corrected chi connectivity index (χ0v) is 27.2. The Morgan fingerprint density at radius 2 is 1.39 bits per heavy atom. The molecule has 0 radical (unpaired) electrons. The smallest absolute Gasteiger partial charge is 0.348 e. The largest absolute Gasteiger partial charge is 0.463 e. The van der Waals surface area contributed by atoms with Gasteiger partial charge in [0.1, 0.15) is 30.4 Å². The zero-order chi connectivity index (χ0) is 34.5. The lowest BCUT2D eigenvalue weighted by molar-refractivity contribution is -0.273. The maximum absolute atomic E-state index is 12.5. The second-order valence-corrected chi connectivity index (χ2v) is 10.3. The molecule has 0 saturated carbocycles. The highest BCUT2D eigenvalue weighted by molar-refractivity contribution is 5.91. The number of unbranched alkanes of at least 4 members (excludes halogenated alkanes) is 3. The number of nitrogens with one attached hydrogen (secondary N) is 1. The summed E-state index contributed by atoms with van der Waals surface area (Å²) < 4.78 is 38.5. The Morgan fingerprint density at radius 3 is 1.98 bits per heavy atom. The van der Waals surface area contributed by atoms with Gasteiger partial charge in [-0.3, -0.25) is 19.2 Å². The zero-order valence-electron chi connectivity index (χ0n) is 27.2. The van der Waals surface area contributed by atoms with Crippen molar-refractivity contribution in [3.05, 3.63) is 12.2 Å². The molecule has 1 unspecified atom stereocenters. The topological polar surface area (TPSA) is 206 Å². The minimum absolute atomic E-state index is 0.000749. The molecule has 1 aliphatic rings. The molecule has 6 atom stereocenters. The number of hydrogen-bond acceptors (Lipinski definition) is 15. The highest BCUT2D eigenvalue weighted by Crippen LogP contribution is 2.28. The third-order valence-corrected chi connectivity index (χ3v) is 6.69. The number of carbonyl (C=O) groups is 5. The van der Waals surface area contributed by atoms with Crippen molar-refractivity contribution in [3.63, 3.8) is 0 Å². The van der Waals surface area contributed by atoms with E-state index in [2.05, 4.69) is 11.9 Å². The molecule has 1 rings (SSSR count). The van der Waals surface area contributed by atoms with Crippen molar-refractivity contribution >= 4 is 29.8 Å². The van der Waals surface area contributed by atoms with Gasteiger partial charge in [-0.1, -0.05) is 40.7 Å². The highest BCUT2D eigenvalue weighted by atomic mass is 16.7. The molecule has 1 saturated heterocycles. The van der Waals surface area contributed by atoms with E-state index >= 15 is 0 Å². The van der Waals surface area contributed by atoms with Gasteiger partial charge in [0, 0.05) is 38.8 Å². The first-order valence-electron chi connectivity index (χ1n) is 15.7. The van der Waals surface area contributed by atoms with Gasteiger partial charge in [-0.05, 0) is 19.3 Å². The fraction of sp³-hybridized carbons (Fsp3) is 0.742. The number of hydrogen-bond donors (Lipinski definition) is 2. The van der Waals surface area contributed by atoms with Gasteiger partial charge in [0.2, 0.25) is 6.29 Å². The highest BCUT2D eigenvalue weighted by Gasteiger charge is 2.52. The van der Waals surface area contributed by atoms with E-state index < -0.39 is 66.6 Å². The predicted octanol–water partition coefficient (Wildman–Crippen LogP) is 1.78. The first-order chi connectivity index (χ1) is 22.0. The normalized spacial score (nSPS) is 21.3. The summed E-state index contributed by atoms with van der Waals surface area (Å²) in [5.74, 6) is -3.15. The molecule has 15 nitrogen and oxygen atoms in total. The van der Waals surface area contributed by atoms with Crippen molar-refractivity contribution in [1.29, 1.82) is 5.26 Å². The molecular formula is C31H48N2O13. The average molecular weight is 657 g/mol. The quantitative estimate of drug-likeness (QED) is 0.0560. The summed E-state index contributed by atoms with van der Waals surface area (Å²) in [5.41, 5.74) is -0.244. The monoisotopic (exact) mass is 656 g/mol. The number of rotatable bonds is 22. The van der Waals surface area contributed by atoms with Crippen LogP contribution in [0.4, 0.5) is 0 Å². The second-order valence-electron chi connectivity index (χ2n) is 10.3. The molecule has 0 aromatic carbocycles. The third kappa shape index (κ3) is 15.1. The molecule has 0 aromatic rings. The van der Waals surface area contributed by atoms with Crippen LogP contribution in [0.2, 0.25) is 0 Å². The van der Waals surface area contributed by atoms with Crippen LogP contribution >= 0.6 is 0 Å². The summed E-state index contributed by atoms with van der Waals surface area (Å²) in [5, 5.41) is 22.2. The molecule has 1 heterocycles. The van der Waals surface area contributed by atoms with Gasteiger partial charge in [0.15, 0.2) is 12.2 Å². The minimum atomic E-state index is -1.35. The summed E-state index contributed by atoms with van der Waals surface area (Å²) in [6.45, 7) is 9.67. The van der Waals surface area contributed by atoms with E-state index in [1.807, 2.05) is 0 Å². The fourth-order valence-electron chi connectivity index (χ4n) is 4.10. The van der Waals surface area contributed by atoms with Crippen LogP contribution in [0.3, 0.4) is 0 Å². The van der Waals surface area contributed by atoms with Crippen LogP contribution in [-0.4, -0.2) is 105 Å². The Kier molecular flexibility index (Phi) is 20.1. The Bertz CT molecular complexity index is 1040. The lowest BCUT2D eigenvalue weighted by atomic mass is 9.95. The molecule has 0 bridgehead atoms. The summed E-state index contributed by atoms with van der Waals surface area (Å²) in [6.07, 6.45) is -3.05. The standard InChI is InChI=1S/C31H48N2O13/c1-6-23(35)42-19-22-28(44-24(36)7-2)29(45-25(37)8-3)27(31(43-22)46-26(38)9-4)33-17-21(34)18-40-14-12-10-11-13-15-41-30(39)20(5)16-32/h21-22,27-29,31,33-34H,5-15,17-19H2,1-4H3/t21?,22-,27+,28-,29-,31+/m1/s1. The summed E-state index contributed by atoms with van der Waals surface area (Å²) >= 11 is 0. The van der Waals surface area contributed by atoms with Crippen LogP contribution < -0.4 is 5.32 Å². The van der Waals surface area contributed by atoms with Crippen molar-refractivity contribution in [2.75, 3.05) is 33.0 Å². The second kappa shape index (κ2) is 22.8. The van der Waals surface area contributed by atoms with Crippen LogP contribution in [0.5, 0.6) is 0 Å². The number of aliphatic hydroxyl groups is 1. The maximum atomic E-state index is 12.5. The molecule has 1 fully saturated rings. The van der Waals surface area contributed by atoms with Gasteiger partial charge in [-0.2, -0.15) is 5.26 Å². The number of nitriles is 1. The maximum Gasteiger partial charge on any atom is 0.348 e. The number of ether oxygens (including phenoxy) is 7. The molecule has 0 amide bonds. The predicted molar refractivity (Wildman–Crippen MR) is 159 cm³/mol. The van der Waals surface area contributed by atoms with Gasteiger partial charge < -0.3 is 43.6 Å². The Morgan fingerprint density at radius 1 is 0.826 bits per heavy atom. The van der Waals surface area contributed by atoms with Gasteiger partial charge in [-0.25, -0.2) is 4.79 Å². The van der Waals surface area contributed by atoms with E-state index in [0.717, 1.165) is 12.8 Å². The SMILES string of the molecule is C=C(C#N)C(=O)OCCCCCCOCC(O)CN[C@@H]1[C@H](OC(=O)CC)O[C@H](COC(=O)CC)[C@@H](OC(=O)CC)[C@@H]1OC(=O)CC. The van der Waals surface area contributed by atoms with Crippen LogP contribution in [0, 0.1) is 11.3 Å². The first kappa shape index (κ1) is 40.4. The molecule has 1 aliphatic heterocycles. The van der Waals surface area contributed by atoms with Crippen molar-refractivity contribution in [2.45, 2.75) is 116 Å². The first-order valence-corrected chi connectivity index (χ1v) is 15.7. The van der Waals surface area contributed by atoms with Gasteiger partial charge in [0.25, 0.3) is 0 Å². The van der Waals surface area contributed by atoms with E-state index in [1.165, 1.54) is 0 Å². The van der Waals surface area contributed by atoms with Gasteiger partial charge >= 0.3 is 29.8 Å². The Balaban J connectivity index is 2.86. The molecule has 0 aromatic heterocycles. The molecular weight excluding hydrogens is 608 g/mol. The van der Waals surface area contributed by atoms with Gasteiger partial charge in [0.05, 0.1) is 19.3 Å². The average Bonchev–Trinajstić information content (AvgIpc) is 3.06. The van der Waals surface area contributed by atoms with Crippen LogP contribution in [-0.2, 0) is 57.1 Å². The van der Waals surface area contributed by atoms with E-state index in [0.29, 0.717) is 19.4 Å². The van der Waals surface area contributed by atoms with E-state index in [4.69, 9.17) is 38.4 Å². The van der Waals surface area contributed by atoms with Gasteiger partial charge in [-0.15, -0.1) is 0 Å². The lowest BCUT2D eigenvalue weighted by Gasteiger charge is -2.45. The summed E-state index contributed by atoms with van der Waals surface area (Å²) in [6, 6.07) is 0.558. The minimum Gasteiger partial charge on any atom is -0.463 e. The Hall–Kier alpha value is -3.58. The molecule has 260 valence electrons. The van der Waals surface area contributed by atoms with Crippen LogP contribution in [0.25, 0.3) is 0 Å². The van der Waals surface area contributed by atoms with Crippen molar-refractivity contribution < 1.29 is 62.2 Å². The molecule has 2 N–H and O–H groups in total. The molecule has 0 spiro atoms. The third-order valence-electron chi connectivity index (χ3n) is 6.69. The number of carbonyl (C=O) groups excluding carboxylic acids is 5. The fourth-order valence-corrected chi connectivity index (χ4v) is 4.10. The van der Waals surface area contributed by atoms with Crippen molar-refractivity contribution in [2.24, 2.45) is 0 Å². The van der Waals surface area contributed by atoms with E-state index in [-0.39, 0.29) is 57.6 Å². The van der Waals surface area contributed by atoms with Crippen LogP contribution in [0.15, 0.2) is 12.2 Å². The molecule has 0 aliphatic carbocycles. The number of aliphatic hydroxyl groups excluding tert-OH is 1. The molecule has 15 heteroatoms. The van der Waals surface area contributed by atoms with E-state index in [9.17, 15) is 29.1 Å². The van der Waals surface area contributed by atoms with Crippen molar-refractivity contribution in [3.8, 4) is 6.07 Å². The van der Waals surface area contributed by atoms with Crippen molar-refractivity contribution in [1.82, 2.24) is 5.32 Å². The number of esters is 5. The summed E-state index contributed by atoms with van der Waals surface area (Å²) in [4.78, 5) is 60.5. The number of nitrogens with zero attached hydrogens (tertiary/aromatic N) is 1. The molecule has 46 heavy (non-hydrogen) atoms. The summed E-state index contributed by atoms with van der Waals surface area (Å²) in [7, 11) is 0. The van der Waals surface area contributed by atoms with Crippen LogP contribution in [0.1, 0.15) is 79.1 Å². The lowest BCUT2D eigenvalue weighted by Crippen LogP contribution is -2.67. The Labute approximate surface area is 269 Å². The van der Waals surface area contributed by atoms with E-state index in [1.54, 1.807) is 33.8 Å².